The molecule has 2 rings (SSSR count). The number of nitrogens with zero attached hydrogens (tertiary/aromatic N) is 1. The van der Waals surface area contributed by atoms with Gasteiger partial charge >= 0.3 is 0 Å². The molecule has 0 saturated heterocycles. The van der Waals surface area contributed by atoms with Gasteiger partial charge in [-0.05, 0) is 49.7 Å². The van der Waals surface area contributed by atoms with Crippen molar-refractivity contribution in [1.82, 2.24) is 10.6 Å². The molecule has 7 heteroatoms. The molecule has 0 heterocycles. The minimum absolute atomic E-state index is 0.0629. The molecule has 1 unspecified atom stereocenters. The van der Waals surface area contributed by atoms with E-state index in [-0.39, 0.29) is 11.8 Å². The second kappa shape index (κ2) is 10.3. The van der Waals surface area contributed by atoms with E-state index in [1.54, 1.807) is 26.4 Å². The van der Waals surface area contributed by atoms with Crippen LogP contribution in [0.3, 0.4) is 0 Å². The van der Waals surface area contributed by atoms with Crippen molar-refractivity contribution in [3.8, 4) is 23.0 Å². The molecule has 3 N–H and O–H groups in total. The standard InChI is InChI=1S/C21H29N3O4/c1-6-22-21(23-13-15-7-9-20(28-5)18(25)11-15)24-14(2)17-12-16(26-3)8-10-19(17)27-4/h7-12,14,25H,6,13H2,1-5H3,(H2,22,23,24). The number of benzene rings is 2. The van der Waals surface area contributed by atoms with Gasteiger partial charge in [0.25, 0.3) is 0 Å². The molecule has 0 bridgehead atoms. The fraction of sp³-hybridized carbons (Fsp3) is 0.381. The number of hydrogen-bond donors (Lipinski definition) is 3. The number of rotatable bonds is 8. The van der Waals surface area contributed by atoms with Gasteiger partial charge in [0.15, 0.2) is 17.5 Å². The van der Waals surface area contributed by atoms with E-state index < -0.39 is 0 Å². The van der Waals surface area contributed by atoms with E-state index in [4.69, 9.17) is 14.2 Å². The quantitative estimate of drug-likeness (QED) is 0.476. The van der Waals surface area contributed by atoms with Gasteiger partial charge in [-0.15, -0.1) is 0 Å². The van der Waals surface area contributed by atoms with E-state index in [2.05, 4.69) is 15.6 Å². The van der Waals surface area contributed by atoms with Crippen LogP contribution in [-0.4, -0.2) is 38.9 Å². The lowest BCUT2D eigenvalue weighted by molar-refractivity contribution is 0.373. The van der Waals surface area contributed by atoms with Crippen molar-refractivity contribution >= 4 is 5.96 Å². The number of nitrogens with one attached hydrogen (secondary N) is 2. The van der Waals surface area contributed by atoms with Crippen LogP contribution in [-0.2, 0) is 6.54 Å². The Labute approximate surface area is 166 Å². The van der Waals surface area contributed by atoms with Gasteiger partial charge in [-0.2, -0.15) is 0 Å². The topological polar surface area (TPSA) is 84.3 Å². The maximum Gasteiger partial charge on any atom is 0.192 e. The van der Waals surface area contributed by atoms with Gasteiger partial charge in [0.2, 0.25) is 0 Å². The summed E-state index contributed by atoms with van der Waals surface area (Å²) in [5, 5.41) is 16.6. The summed E-state index contributed by atoms with van der Waals surface area (Å²) in [6, 6.07) is 10.9. The summed E-state index contributed by atoms with van der Waals surface area (Å²) in [6.45, 7) is 5.17. The molecule has 152 valence electrons. The zero-order valence-corrected chi connectivity index (χ0v) is 17.1. The van der Waals surface area contributed by atoms with E-state index >= 15 is 0 Å². The van der Waals surface area contributed by atoms with Crippen molar-refractivity contribution in [2.45, 2.75) is 26.4 Å². The van der Waals surface area contributed by atoms with Crippen LogP contribution < -0.4 is 24.8 Å². The molecule has 2 aromatic carbocycles. The number of hydrogen-bond acceptors (Lipinski definition) is 5. The highest BCUT2D eigenvalue weighted by molar-refractivity contribution is 5.80. The summed E-state index contributed by atoms with van der Waals surface area (Å²) < 4.78 is 15.9. The maximum absolute atomic E-state index is 9.93. The first-order valence-electron chi connectivity index (χ1n) is 9.15. The van der Waals surface area contributed by atoms with Crippen molar-refractivity contribution in [3.05, 3.63) is 47.5 Å². The molecule has 0 aromatic heterocycles. The molecule has 0 aliphatic carbocycles. The summed E-state index contributed by atoms with van der Waals surface area (Å²) in [5.41, 5.74) is 1.84. The molecule has 0 aliphatic heterocycles. The fourth-order valence-corrected chi connectivity index (χ4v) is 2.78. The van der Waals surface area contributed by atoms with Crippen LogP contribution in [0.15, 0.2) is 41.4 Å². The van der Waals surface area contributed by atoms with Gasteiger partial charge in [-0.25, -0.2) is 4.99 Å². The zero-order valence-electron chi connectivity index (χ0n) is 17.1. The number of phenols is 1. The van der Waals surface area contributed by atoms with E-state index in [1.807, 2.05) is 38.1 Å². The average Bonchev–Trinajstić information content (AvgIpc) is 2.71. The van der Waals surface area contributed by atoms with E-state index in [1.165, 1.54) is 7.11 Å². The third kappa shape index (κ3) is 5.45. The zero-order chi connectivity index (χ0) is 20.5. The van der Waals surface area contributed by atoms with Gasteiger partial charge in [0.05, 0.1) is 33.9 Å². The van der Waals surface area contributed by atoms with Gasteiger partial charge in [0, 0.05) is 12.1 Å². The molecule has 7 nitrogen and oxygen atoms in total. The number of ether oxygens (including phenoxy) is 3. The van der Waals surface area contributed by atoms with Crippen LogP contribution in [0.4, 0.5) is 0 Å². The molecule has 0 aliphatic rings. The lowest BCUT2D eigenvalue weighted by Gasteiger charge is -2.21. The highest BCUT2D eigenvalue weighted by atomic mass is 16.5. The molecule has 1 atom stereocenters. The normalized spacial score (nSPS) is 12.2. The summed E-state index contributed by atoms with van der Waals surface area (Å²) >= 11 is 0. The predicted molar refractivity (Wildman–Crippen MR) is 111 cm³/mol. The molecule has 0 saturated carbocycles. The molecule has 28 heavy (non-hydrogen) atoms. The first-order valence-corrected chi connectivity index (χ1v) is 9.15. The number of guanidine groups is 1. The molecule has 2 aromatic rings. The number of phenolic OH excluding ortho intramolecular Hbond substituents is 1. The Balaban J connectivity index is 2.17. The van der Waals surface area contributed by atoms with Gasteiger partial charge in [-0.1, -0.05) is 6.07 Å². The Hall–Kier alpha value is -3.09. The second-order valence-electron chi connectivity index (χ2n) is 6.18. The molecule has 0 radical (unpaired) electrons. The summed E-state index contributed by atoms with van der Waals surface area (Å²) in [6.07, 6.45) is 0. The van der Waals surface area contributed by atoms with Crippen molar-refractivity contribution in [2.75, 3.05) is 27.9 Å². The maximum atomic E-state index is 9.93. The smallest absolute Gasteiger partial charge is 0.192 e. The minimum Gasteiger partial charge on any atom is -0.504 e. The first kappa shape index (κ1) is 21.2. The monoisotopic (exact) mass is 387 g/mol. The molecular weight excluding hydrogens is 358 g/mol. The fourth-order valence-electron chi connectivity index (χ4n) is 2.78. The van der Waals surface area contributed by atoms with E-state index in [0.717, 1.165) is 29.2 Å². The average molecular weight is 387 g/mol. The van der Waals surface area contributed by atoms with Gasteiger partial charge in [-0.3, -0.25) is 0 Å². The Morgan fingerprint density at radius 3 is 2.36 bits per heavy atom. The Bertz CT molecular complexity index is 808. The van der Waals surface area contributed by atoms with Gasteiger partial charge < -0.3 is 30.0 Å². The SMILES string of the molecule is CCNC(=NCc1ccc(OC)c(O)c1)NC(C)c1cc(OC)ccc1OC. The molecule has 0 fully saturated rings. The van der Waals surface area contributed by atoms with Crippen molar-refractivity contribution in [2.24, 2.45) is 4.99 Å². The number of methoxy groups -OCH3 is 3. The lowest BCUT2D eigenvalue weighted by atomic mass is 10.1. The Kier molecular flexibility index (Phi) is 7.80. The highest BCUT2D eigenvalue weighted by Crippen LogP contribution is 2.29. The largest absolute Gasteiger partial charge is 0.504 e. The Morgan fingerprint density at radius 2 is 1.75 bits per heavy atom. The lowest BCUT2D eigenvalue weighted by Crippen LogP contribution is -2.38. The second-order valence-corrected chi connectivity index (χ2v) is 6.18. The molecule has 0 amide bonds. The summed E-state index contributed by atoms with van der Waals surface area (Å²) in [4.78, 5) is 4.61. The third-order valence-corrected chi connectivity index (χ3v) is 4.26. The third-order valence-electron chi connectivity index (χ3n) is 4.26. The van der Waals surface area contributed by atoms with Crippen LogP contribution in [0.2, 0.25) is 0 Å². The number of aromatic hydroxyl groups is 1. The summed E-state index contributed by atoms with van der Waals surface area (Å²) in [7, 11) is 4.81. The van der Waals surface area contributed by atoms with Crippen LogP contribution in [0.5, 0.6) is 23.0 Å². The molecule has 0 spiro atoms. The Morgan fingerprint density at radius 1 is 1.04 bits per heavy atom. The molecular formula is C21H29N3O4. The van der Waals surface area contributed by atoms with Crippen LogP contribution >= 0.6 is 0 Å². The predicted octanol–water partition coefficient (Wildman–Crippen LogP) is 3.23. The van der Waals surface area contributed by atoms with Crippen molar-refractivity contribution in [1.29, 1.82) is 0 Å². The van der Waals surface area contributed by atoms with Crippen LogP contribution in [0, 0.1) is 0 Å². The van der Waals surface area contributed by atoms with E-state index in [9.17, 15) is 5.11 Å². The number of aliphatic imine (C=N–C) groups is 1. The van der Waals surface area contributed by atoms with Gasteiger partial charge in [0.1, 0.15) is 11.5 Å². The van der Waals surface area contributed by atoms with Crippen molar-refractivity contribution in [3.63, 3.8) is 0 Å². The van der Waals surface area contributed by atoms with E-state index in [0.29, 0.717) is 18.3 Å². The van der Waals surface area contributed by atoms with Crippen LogP contribution in [0.1, 0.15) is 31.0 Å². The van der Waals surface area contributed by atoms with Crippen molar-refractivity contribution < 1.29 is 19.3 Å². The minimum atomic E-state index is -0.0629. The highest BCUT2D eigenvalue weighted by Gasteiger charge is 2.14. The first-order chi connectivity index (χ1) is 13.5. The summed E-state index contributed by atoms with van der Waals surface area (Å²) in [5.74, 6) is 2.74. The van der Waals surface area contributed by atoms with Crippen LogP contribution in [0.25, 0.3) is 0 Å².